The maximum Gasteiger partial charge on any atom is 0.242 e. The van der Waals surface area contributed by atoms with Crippen LogP contribution in [0.4, 0.5) is 5.69 Å². The van der Waals surface area contributed by atoms with Gasteiger partial charge in [0.1, 0.15) is 6.04 Å². The number of hydrogen-bond donors (Lipinski definition) is 1. The van der Waals surface area contributed by atoms with Crippen LogP contribution in [0.15, 0.2) is 24.3 Å². The van der Waals surface area contributed by atoms with Crippen LogP contribution in [-0.4, -0.2) is 37.0 Å². The van der Waals surface area contributed by atoms with Gasteiger partial charge < -0.3 is 5.32 Å². The van der Waals surface area contributed by atoms with Gasteiger partial charge in [-0.05, 0) is 37.5 Å². The summed E-state index contributed by atoms with van der Waals surface area (Å²) in [5.74, 6) is -0.284. The lowest BCUT2D eigenvalue weighted by Crippen LogP contribution is -2.44. The summed E-state index contributed by atoms with van der Waals surface area (Å²) in [6, 6.07) is 7.90. The van der Waals surface area contributed by atoms with Crippen LogP contribution in [0.25, 0.3) is 0 Å². The summed E-state index contributed by atoms with van der Waals surface area (Å²) < 4.78 is 25.7. The quantitative estimate of drug-likeness (QED) is 0.893. The van der Waals surface area contributed by atoms with E-state index in [4.69, 9.17) is 5.26 Å². The first kappa shape index (κ1) is 16.5. The molecule has 1 aromatic carbocycles. The monoisotopic (exact) mass is 321 g/mol. The highest BCUT2D eigenvalue weighted by molar-refractivity contribution is 7.89. The van der Waals surface area contributed by atoms with Gasteiger partial charge in [0.25, 0.3) is 0 Å². The molecule has 0 unspecified atom stereocenters. The van der Waals surface area contributed by atoms with Gasteiger partial charge in [0.05, 0.1) is 17.4 Å². The van der Waals surface area contributed by atoms with Gasteiger partial charge in [-0.3, -0.25) is 4.79 Å². The summed E-state index contributed by atoms with van der Waals surface area (Å²) in [7, 11) is -3.39. The topological polar surface area (TPSA) is 90.3 Å². The summed E-state index contributed by atoms with van der Waals surface area (Å²) in [6.07, 6.45) is 1.73. The number of carbonyl (C=O) groups excluding carboxylic acids is 1. The first-order valence-corrected chi connectivity index (χ1v) is 8.89. The number of amides is 1. The highest BCUT2D eigenvalue weighted by Crippen LogP contribution is 2.23. The normalized spacial score (nSPS) is 18.8. The lowest BCUT2D eigenvalue weighted by molar-refractivity contribution is -0.119. The van der Waals surface area contributed by atoms with Crippen LogP contribution < -0.4 is 5.32 Å². The van der Waals surface area contributed by atoms with E-state index in [1.807, 2.05) is 6.07 Å². The van der Waals surface area contributed by atoms with E-state index in [2.05, 4.69) is 5.32 Å². The zero-order chi connectivity index (χ0) is 16.2. The number of sulfonamides is 1. The fourth-order valence-electron chi connectivity index (χ4n) is 2.60. The van der Waals surface area contributed by atoms with Crippen LogP contribution in [0.5, 0.6) is 0 Å². The minimum absolute atomic E-state index is 0.0562. The van der Waals surface area contributed by atoms with E-state index in [0.29, 0.717) is 37.1 Å². The molecular formula is C15H19N3O3S. The SMILES string of the molecule is CCCS(=O)(=O)N1CCC[C@H]1C(=O)Nc1cccc(C#N)c1. The molecule has 1 atom stereocenters. The first-order valence-electron chi connectivity index (χ1n) is 7.28. The van der Waals surface area contributed by atoms with Crippen LogP contribution in [-0.2, 0) is 14.8 Å². The molecule has 2 rings (SSSR count). The molecule has 22 heavy (non-hydrogen) atoms. The second kappa shape index (κ2) is 6.90. The lowest BCUT2D eigenvalue weighted by atomic mass is 10.2. The molecule has 0 bridgehead atoms. The standard InChI is InChI=1S/C15H19N3O3S/c1-2-9-22(20,21)18-8-4-7-14(18)15(19)17-13-6-3-5-12(10-13)11-16/h3,5-6,10,14H,2,4,7-9H2,1H3,(H,17,19)/t14-/m0/s1. The summed E-state index contributed by atoms with van der Waals surface area (Å²) in [5.41, 5.74) is 0.948. The number of rotatable bonds is 5. The number of anilines is 1. The van der Waals surface area contributed by atoms with Crippen molar-refractivity contribution in [2.45, 2.75) is 32.2 Å². The van der Waals surface area contributed by atoms with Gasteiger partial charge in [-0.15, -0.1) is 0 Å². The summed E-state index contributed by atoms with van der Waals surface area (Å²) in [6.45, 7) is 2.19. The highest BCUT2D eigenvalue weighted by Gasteiger charge is 2.37. The van der Waals surface area contributed by atoms with E-state index in [1.165, 1.54) is 4.31 Å². The molecule has 1 aliphatic heterocycles. The summed E-state index contributed by atoms with van der Waals surface area (Å²) >= 11 is 0. The molecule has 1 N–H and O–H groups in total. The number of nitrogens with one attached hydrogen (secondary N) is 1. The zero-order valence-corrected chi connectivity index (χ0v) is 13.3. The van der Waals surface area contributed by atoms with E-state index in [9.17, 15) is 13.2 Å². The Balaban J connectivity index is 2.13. The Hall–Kier alpha value is -1.91. The molecule has 1 fully saturated rings. The van der Waals surface area contributed by atoms with Crippen LogP contribution >= 0.6 is 0 Å². The van der Waals surface area contributed by atoms with Crippen molar-refractivity contribution in [2.24, 2.45) is 0 Å². The van der Waals surface area contributed by atoms with Crippen molar-refractivity contribution in [3.63, 3.8) is 0 Å². The maximum absolute atomic E-state index is 12.4. The molecule has 1 amide bonds. The average molecular weight is 321 g/mol. The van der Waals surface area contributed by atoms with Gasteiger partial charge in [0.2, 0.25) is 15.9 Å². The second-order valence-electron chi connectivity index (χ2n) is 5.27. The van der Waals surface area contributed by atoms with Gasteiger partial charge in [0.15, 0.2) is 0 Å². The van der Waals surface area contributed by atoms with Gasteiger partial charge in [-0.25, -0.2) is 8.42 Å². The van der Waals surface area contributed by atoms with Gasteiger partial charge in [0, 0.05) is 12.2 Å². The minimum Gasteiger partial charge on any atom is -0.325 e. The van der Waals surface area contributed by atoms with Gasteiger partial charge in [-0.1, -0.05) is 13.0 Å². The van der Waals surface area contributed by atoms with E-state index in [0.717, 1.165) is 0 Å². The number of nitrogens with zero attached hydrogens (tertiary/aromatic N) is 2. The molecule has 0 radical (unpaired) electrons. The number of hydrogen-bond acceptors (Lipinski definition) is 4. The van der Waals surface area contributed by atoms with Gasteiger partial charge >= 0.3 is 0 Å². The predicted octanol–water partition coefficient (Wildman–Crippen LogP) is 1.70. The smallest absolute Gasteiger partial charge is 0.242 e. The molecule has 1 aromatic rings. The van der Waals surface area contributed by atoms with Crippen LogP contribution in [0, 0.1) is 11.3 Å². The Kier molecular flexibility index (Phi) is 5.16. The molecule has 0 aromatic heterocycles. The molecule has 0 aliphatic carbocycles. The number of benzene rings is 1. The molecule has 1 aliphatic rings. The Morgan fingerprint density at radius 3 is 2.95 bits per heavy atom. The van der Waals surface area contributed by atoms with Crippen molar-refractivity contribution in [3.05, 3.63) is 29.8 Å². The van der Waals surface area contributed by atoms with E-state index >= 15 is 0 Å². The number of carbonyl (C=O) groups is 1. The molecular weight excluding hydrogens is 302 g/mol. The molecule has 118 valence electrons. The van der Waals surface area contributed by atoms with Gasteiger partial charge in [-0.2, -0.15) is 9.57 Å². The van der Waals surface area contributed by atoms with Crippen molar-refractivity contribution >= 4 is 21.6 Å². The zero-order valence-electron chi connectivity index (χ0n) is 12.4. The Morgan fingerprint density at radius 1 is 1.50 bits per heavy atom. The van der Waals surface area contributed by atoms with E-state index in [-0.39, 0.29) is 11.7 Å². The molecule has 7 heteroatoms. The van der Waals surface area contributed by atoms with Crippen molar-refractivity contribution in [3.8, 4) is 6.07 Å². The van der Waals surface area contributed by atoms with Crippen molar-refractivity contribution in [1.29, 1.82) is 5.26 Å². The number of nitriles is 1. The fraction of sp³-hybridized carbons (Fsp3) is 0.467. The molecule has 6 nitrogen and oxygen atoms in total. The first-order chi connectivity index (χ1) is 10.5. The molecule has 1 heterocycles. The largest absolute Gasteiger partial charge is 0.325 e. The third-order valence-electron chi connectivity index (χ3n) is 3.58. The Morgan fingerprint density at radius 2 is 2.27 bits per heavy atom. The van der Waals surface area contributed by atoms with E-state index in [1.54, 1.807) is 31.2 Å². The Labute approximate surface area is 130 Å². The lowest BCUT2D eigenvalue weighted by Gasteiger charge is -2.23. The highest BCUT2D eigenvalue weighted by atomic mass is 32.2. The van der Waals surface area contributed by atoms with Crippen LogP contribution in [0.3, 0.4) is 0 Å². The summed E-state index contributed by atoms with van der Waals surface area (Å²) in [4.78, 5) is 12.4. The maximum atomic E-state index is 12.4. The van der Waals surface area contributed by atoms with Crippen molar-refractivity contribution < 1.29 is 13.2 Å². The van der Waals surface area contributed by atoms with E-state index < -0.39 is 16.1 Å². The third-order valence-corrected chi connectivity index (χ3v) is 5.66. The minimum atomic E-state index is -3.39. The van der Waals surface area contributed by atoms with Crippen molar-refractivity contribution in [2.75, 3.05) is 17.6 Å². The van der Waals surface area contributed by atoms with Crippen molar-refractivity contribution in [1.82, 2.24) is 4.31 Å². The molecule has 0 saturated carbocycles. The fourth-order valence-corrected chi connectivity index (χ4v) is 4.35. The predicted molar refractivity (Wildman–Crippen MR) is 83.6 cm³/mol. The van der Waals surface area contributed by atoms with Crippen LogP contribution in [0.1, 0.15) is 31.7 Å². The second-order valence-corrected chi connectivity index (χ2v) is 7.31. The molecule has 0 spiro atoms. The summed E-state index contributed by atoms with van der Waals surface area (Å²) in [5, 5.41) is 11.6. The Bertz CT molecular complexity index is 694. The van der Waals surface area contributed by atoms with Crippen LogP contribution in [0.2, 0.25) is 0 Å². The third kappa shape index (κ3) is 3.64. The molecule has 1 saturated heterocycles. The average Bonchev–Trinajstić information content (AvgIpc) is 2.98.